The molecule has 0 radical (unpaired) electrons. The molecule has 0 spiro atoms. The number of hydrogen-bond donors (Lipinski definition) is 2. The fourth-order valence-corrected chi connectivity index (χ4v) is 3.87. The molecule has 0 aromatic carbocycles. The van der Waals surface area contributed by atoms with Gasteiger partial charge in [0.05, 0.1) is 0 Å². The molecule has 1 aliphatic rings. The zero-order valence-corrected chi connectivity index (χ0v) is 11.3. The van der Waals surface area contributed by atoms with Crippen molar-refractivity contribution in [3.63, 3.8) is 0 Å². The first-order valence-electron chi connectivity index (χ1n) is 6.08. The summed E-state index contributed by atoms with van der Waals surface area (Å²) in [7, 11) is 0. The minimum Gasteiger partial charge on any atom is -0.384 e. The largest absolute Gasteiger partial charge is 0.384 e. The molecular weight excluding hydrogens is 234 g/mol. The van der Waals surface area contributed by atoms with E-state index in [1.54, 1.807) is 11.3 Å². The minimum atomic E-state index is -0.857. The van der Waals surface area contributed by atoms with Crippen LogP contribution in [-0.4, -0.2) is 24.9 Å². The summed E-state index contributed by atoms with van der Waals surface area (Å²) in [6.07, 6.45) is 1.65. The molecule has 3 nitrogen and oxygen atoms in total. The zero-order chi connectivity index (χ0) is 12.5. The maximum absolute atomic E-state index is 11.0. The lowest BCUT2D eigenvalue weighted by molar-refractivity contribution is -0.122. The molecule has 1 aliphatic heterocycles. The van der Waals surface area contributed by atoms with Crippen LogP contribution in [0.1, 0.15) is 30.2 Å². The molecule has 1 unspecified atom stereocenters. The Bertz CT molecular complexity index is 381. The third kappa shape index (κ3) is 2.03. The lowest BCUT2D eigenvalue weighted by atomic mass is 9.66. The summed E-state index contributed by atoms with van der Waals surface area (Å²) in [5, 5.41) is 13.0. The number of ether oxygens (including phenoxy) is 1. The minimum absolute atomic E-state index is 0.249. The van der Waals surface area contributed by atoms with Crippen molar-refractivity contribution in [3.8, 4) is 0 Å². The normalized spacial score (nSPS) is 23.3. The first-order chi connectivity index (χ1) is 8.03. The molecule has 1 aromatic rings. The van der Waals surface area contributed by atoms with Crippen molar-refractivity contribution in [2.45, 2.75) is 32.3 Å². The Labute approximate surface area is 107 Å². The Morgan fingerprint density at radius 2 is 2.18 bits per heavy atom. The molecule has 0 aliphatic carbocycles. The van der Waals surface area contributed by atoms with E-state index in [0.29, 0.717) is 19.8 Å². The Morgan fingerprint density at radius 1 is 1.53 bits per heavy atom. The molecule has 1 aromatic heterocycles. The van der Waals surface area contributed by atoms with Crippen LogP contribution in [0.25, 0.3) is 0 Å². The molecular formula is C13H21NO2S. The lowest BCUT2D eigenvalue weighted by Crippen LogP contribution is -2.51. The highest BCUT2D eigenvalue weighted by Gasteiger charge is 2.49. The highest BCUT2D eigenvalue weighted by molar-refractivity contribution is 7.10. The number of rotatable bonds is 3. The van der Waals surface area contributed by atoms with E-state index < -0.39 is 5.60 Å². The van der Waals surface area contributed by atoms with Crippen LogP contribution in [-0.2, 0) is 10.3 Å². The van der Waals surface area contributed by atoms with E-state index in [2.05, 4.69) is 6.07 Å². The van der Waals surface area contributed by atoms with E-state index in [4.69, 9.17) is 10.5 Å². The van der Waals surface area contributed by atoms with Gasteiger partial charge in [0, 0.05) is 30.1 Å². The Morgan fingerprint density at radius 3 is 2.65 bits per heavy atom. The highest BCUT2D eigenvalue weighted by Crippen LogP contribution is 2.48. The summed E-state index contributed by atoms with van der Waals surface area (Å²) in [6.45, 7) is 5.84. The van der Waals surface area contributed by atoms with Crippen LogP contribution < -0.4 is 5.73 Å². The summed E-state index contributed by atoms with van der Waals surface area (Å²) >= 11 is 1.62. The van der Waals surface area contributed by atoms with E-state index in [9.17, 15) is 5.11 Å². The van der Waals surface area contributed by atoms with Crippen molar-refractivity contribution < 1.29 is 9.84 Å². The van der Waals surface area contributed by atoms with Crippen molar-refractivity contribution in [3.05, 3.63) is 21.9 Å². The van der Waals surface area contributed by atoms with Crippen LogP contribution in [0.4, 0.5) is 0 Å². The first-order valence-corrected chi connectivity index (χ1v) is 6.96. The fourth-order valence-electron chi connectivity index (χ4n) is 2.76. The van der Waals surface area contributed by atoms with Crippen LogP contribution in [0.3, 0.4) is 0 Å². The van der Waals surface area contributed by atoms with Gasteiger partial charge in [0.15, 0.2) is 0 Å². The second-order valence-corrected chi connectivity index (χ2v) is 6.02. The Kier molecular flexibility index (Phi) is 3.59. The average molecular weight is 255 g/mol. The van der Waals surface area contributed by atoms with Gasteiger partial charge in [-0.3, -0.25) is 0 Å². The molecule has 1 fully saturated rings. The first kappa shape index (κ1) is 13.0. The van der Waals surface area contributed by atoms with Gasteiger partial charge in [-0.15, -0.1) is 11.3 Å². The molecule has 3 N–H and O–H groups in total. The SMILES string of the molecule is Cc1ccsc1C(C)(O)C1(CN)CCOCC1. The molecule has 96 valence electrons. The van der Waals surface area contributed by atoms with Crippen LogP contribution in [0, 0.1) is 12.3 Å². The second-order valence-electron chi connectivity index (χ2n) is 5.10. The zero-order valence-electron chi connectivity index (χ0n) is 10.5. The number of aliphatic hydroxyl groups is 1. The van der Waals surface area contributed by atoms with Crippen molar-refractivity contribution >= 4 is 11.3 Å². The van der Waals surface area contributed by atoms with Gasteiger partial charge >= 0.3 is 0 Å². The monoisotopic (exact) mass is 255 g/mol. The van der Waals surface area contributed by atoms with E-state index in [1.165, 1.54) is 0 Å². The fraction of sp³-hybridized carbons (Fsp3) is 0.692. The molecule has 4 heteroatoms. The number of hydrogen-bond acceptors (Lipinski definition) is 4. The van der Waals surface area contributed by atoms with Crippen molar-refractivity contribution in [1.29, 1.82) is 0 Å². The number of nitrogens with two attached hydrogens (primary N) is 1. The maximum atomic E-state index is 11.0. The van der Waals surface area contributed by atoms with Gasteiger partial charge in [-0.1, -0.05) is 0 Å². The third-order valence-corrected chi connectivity index (χ3v) is 5.40. The molecule has 1 saturated heterocycles. The summed E-state index contributed by atoms with van der Waals surface area (Å²) < 4.78 is 5.41. The predicted octanol–water partition coefficient (Wildman–Crippen LogP) is 2.02. The van der Waals surface area contributed by atoms with Crippen LogP contribution in [0.2, 0.25) is 0 Å². The average Bonchev–Trinajstić information content (AvgIpc) is 2.77. The quantitative estimate of drug-likeness (QED) is 0.869. The molecule has 1 atom stereocenters. The van der Waals surface area contributed by atoms with Gasteiger partial charge < -0.3 is 15.6 Å². The maximum Gasteiger partial charge on any atom is 0.103 e. The molecule has 2 rings (SSSR count). The lowest BCUT2D eigenvalue weighted by Gasteiger charge is -2.47. The Balaban J connectivity index is 2.38. The smallest absolute Gasteiger partial charge is 0.103 e. The van der Waals surface area contributed by atoms with Crippen molar-refractivity contribution in [2.24, 2.45) is 11.1 Å². The van der Waals surface area contributed by atoms with Gasteiger partial charge in [0.25, 0.3) is 0 Å². The summed E-state index contributed by atoms with van der Waals surface area (Å²) in [5.41, 5.74) is 6.02. The van der Waals surface area contributed by atoms with E-state index in [-0.39, 0.29) is 5.41 Å². The van der Waals surface area contributed by atoms with Gasteiger partial charge in [-0.25, -0.2) is 0 Å². The third-order valence-electron chi connectivity index (χ3n) is 4.18. The van der Waals surface area contributed by atoms with Crippen LogP contribution in [0.15, 0.2) is 11.4 Å². The highest BCUT2D eigenvalue weighted by atomic mass is 32.1. The second kappa shape index (κ2) is 4.69. The number of thiophene rings is 1. The summed E-state index contributed by atoms with van der Waals surface area (Å²) in [5.74, 6) is 0. The van der Waals surface area contributed by atoms with E-state index in [1.807, 2.05) is 19.2 Å². The molecule has 0 bridgehead atoms. The molecule has 2 heterocycles. The predicted molar refractivity (Wildman–Crippen MR) is 70.2 cm³/mol. The molecule has 0 saturated carbocycles. The van der Waals surface area contributed by atoms with Gasteiger partial charge in [0.1, 0.15) is 5.60 Å². The molecule has 0 amide bonds. The van der Waals surface area contributed by atoms with Crippen molar-refractivity contribution in [2.75, 3.05) is 19.8 Å². The van der Waals surface area contributed by atoms with E-state index >= 15 is 0 Å². The summed E-state index contributed by atoms with van der Waals surface area (Å²) in [6, 6.07) is 2.05. The molecule has 17 heavy (non-hydrogen) atoms. The van der Waals surface area contributed by atoms with Gasteiger partial charge in [-0.05, 0) is 43.7 Å². The van der Waals surface area contributed by atoms with Crippen molar-refractivity contribution in [1.82, 2.24) is 0 Å². The number of aryl methyl sites for hydroxylation is 1. The van der Waals surface area contributed by atoms with E-state index in [0.717, 1.165) is 23.3 Å². The standard InChI is InChI=1S/C13H21NO2S/c1-10-3-8-17-11(10)12(2,15)13(9-14)4-6-16-7-5-13/h3,8,15H,4-7,9,14H2,1-2H3. The van der Waals surface area contributed by atoms with Gasteiger partial charge in [0.2, 0.25) is 0 Å². The van der Waals surface area contributed by atoms with Crippen LogP contribution >= 0.6 is 11.3 Å². The summed E-state index contributed by atoms with van der Waals surface area (Å²) in [4.78, 5) is 1.05. The topological polar surface area (TPSA) is 55.5 Å². The van der Waals surface area contributed by atoms with Crippen LogP contribution in [0.5, 0.6) is 0 Å². The van der Waals surface area contributed by atoms with Gasteiger partial charge in [-0.2, -0.15) is 0 Å². The Hall–Kier alpha value is -0.420.